The molecule has 2 bridgehead atoms. The highest BCUT2D eigenvalue weighted by Gasteiger charge is 2.61. The Kier molecular flexibility index (Phi) is 5.30. The fourth-order valence-corrected chi connectivity index (χ4v) is 7.24. The first-order valence-corrected chi connectivity index (χ1v) is 11.3. The first-order chi connectivity index (χ1) is 14.8. The van der Waals surface area contributed by atoms with Crippen LogP contribution in [0.2, 0.25) is 0 Å². The predicted octanol–water partition coefficient (Wildman–Crippen LogP) is 7.67. The van der Waals surface area contributed by atoms with Gasteiger partial charge >= 0.3 is 0 Å². The molecule has 31 heavy (non-hydrogen) atoms. The van der Waals surface area contributed by atoms with Crippen molar-refractivity contribution in [2.75, 3.05) is 0 Å². The van der Waals surface area contributed by atoms with Gasteiger partial charge in [-0.05, 0) is 65.0 Å². The maximum atomic E-state index is 10.6. The zero-order chi connectivity index (χ0) is 22.2. The van der Waals surface area contributed by atoms with Crippen molar-refractivity contribution in [3.8, 4) is 6.07 Å². The van der Waals surface area contributed by atoms with Gasteiger partial charge in [0.05, 0.1) is 11.5 Å². The van der Waals surface area contributed by atoms with Crippen LogP contribution in [-0.4, -0.2) is 0 Å². The summed E-state index contributed by atoms with van der Waals surface area (Å²) in [4.78, 5) is 0. The highest BCUT2D eigenvalue weighted by Crippen LogP contribution is 2.67. The normalized spacial score (nSPS) is 35.1. The van der Waals surface area contributed by atoms with Gasteiger partial charge in [-0.15, -0.1) is 0 Å². The van der Waals surface area contributed by atoms with E-state index in [1.807, 2.05) is 12.2 Å². The van der Waals surface area contributed by atoms with E-state index in [1.165, 1.54) is 16.7 Å². The lowest BCUT2D eigenvalue weighted by atomic mass is 9.41. The molecule has 2 aromatic carbocycles. The van der Waals surface area contributed by atoms with Crippen LogP contribution in [-0.2, 0) is 10.8 Å². The number of benzene rings is 2. The van der Waals surface area contributed by atoms with Crippen LogP contribution in [0.4, 0.5) is 0 Å². The minimum Gasteiger partial charge on any atom is -0.198 e. The Morgan fingerprint density at radius 3 is 2.00 bits per heavy atom. The third-order valence-corrected chi connectivity index (χ3v) is 7.90. The molecule has 2 saturated carbocycles. The monoisotopic (exact) mass is 407 g/mol. The number of rotatable bonds is 5. The molecule has 0 N–H and O–H groups in total. The summed E-state index contributed by atoms with van der Waals surface area (Å²) in [5, 5.41) is 10.6. The molecule has 1 nitrogen and oxygen atoms in total. The van der Waals surface area contributed by atoms with Crippen molar-refractivity contribution in [1.82, 2.24) is 0 Å². The van der Waals surface area contributed by atoms with E-state index in [2.05, 4.69) is 99.8 Å². The number of hydrogen-bond donors (Lipinski definition) is 0. The van der Waals surface area contributed by atoms with E-state index in [0.717, 1.165) is 32.1 Å². The van der Waals surface area contributed by atoms with E-state index >= 15 is 0 Å². The lowest BCUT2D eigenvalue weighted by Gasteiger charge is -2.61. The standard InChI is InChI=1S/C30H33N/c1-5-13-24(6-2)27(3)18-29(23-31)19-28(4,25-14-9-7-10-15-25)21-30(20-27,22-29)26-16-11-8-12-17-26/h5-17H,1-2,18-22H2,3-4H3/b24-13+. The summed E-state index contributed by atoms with van der Waals surface area (Å²) in [5.74, 6) is 0. The fourth-order valence-electron chi connectivity index (χ4n) is 7.24. The third-order valence-electron chi connectivity index (χ3n) is 7.90. The summed E-state index contributed by atoms with van der Waals surface area (Å²) in [7, 11) is 0. The average Bonchev–Trinajstić information content (AvgIpc) is 2.77. The Bertz CT molecular complexity index is 1040. The van der Waals surface area contributed by atoms with Gasteiger partial charge in [0, 0.05) is 0 Å². The molecule has 0 aliphatic heterocycles. The van der Waals surface area contributed by atoms with Crippen LogP contribution < -0.4 is 0 Å². The maximum Gasteiger partial charge on any atom is 0.0690 e. The minimum atomic E-state index is -0.380. The first kappa shape index (κ1) is 21.4. The van der Waals surface area contributed by atoms with E-state index in [4.69, 9.17) is 0 Å². The van der Waals surface area contributed by atoms with Gasteiger partial charge in [-0.25, -0.2) is 0 Å². The van der Waals surface area contributed by atoms with Gasteiger partial charge in [0.15, 0.2) is 0 Å². The van der Waals surface area contributed by atoms with Gasteiger partial charge in [0.25, 0.3) is 0 Å². The molecular weight excluding hydrogens is 374 g/mol. The van der Waals surface area contributed by atoms with Crippen LogP contribution in [0.25, 0.3) is 0 Å². The number of hydrogen-bond acceptors (Lipinski definition) is 1. The summed E-state index contributed by atoms with van der Waals surface area (Å²) >= 11 is 0. The van der Waals surface area contributed by atoms with Gasteiger partial charge in [-0.2, -0.15) is 5.26 Å². The topological polar surface area (TPSA) is 23.8 Å². The van der Waals surface area contributed by atoms with E-state index in [1.54, 1.807) is 0 Å². The fraction of sp³-hybridized carbons (Fsp3) is 0.367. The van der Waals surface area contributed by atoms with Crippen LogP contribution in [0.1, 0.15) is 57.1 Å². The number of nitriles is 1. The van der Waals surface area contributed by atoms with Crippen LogP contribution in [0, 0.1) is 22.2 Å². The molecule has 0 aromatic heterocycles. The summed E-state index contributed by atoms with van der Waals surface area (Å²) < 4.78 is 0. The van der Waals surface area contributed by atoms with Crippen molar-refractivity contribution < 1.29 is 0 Å². The number of fused-ring (bicyclic) bond motifs is 2. The summed E-state index contributed by atoms with van der Waals surface area (Å²) in [5.41, 5.74) is 3.32. The Balaban J connectivity index is 1.93. The largest absolute Gasteiger partial charge is 0.198 e. The Morgan fingerprint density at radius 2 is 1.45 bits per heavy atom. The first-order valence-electron chi connectivity index (χ1n) is 11.3. The van der Waals surface area contributed by atoms with Crippen molar-refractivity contribution in [2.24, 2.45) is 10.8 Å². The molecule has 4 atom stereocenters. The Morgan fingerprint density at radius 1 is 0.839 bits per heavy atom. The van der Waals surface area contributed by atoms with E-state index in [-0.39, 0.29) is 21.7 Å². The molecule has 0 radical (unpaired) electrons. The average molecular weight is 408 g/mol. The van der Waals surface area contributed by atoms with Crippen LogP contribution in [0.3, 0.4) is 0 Å². The molecule has 4 rings (SSSR count). The Labute approximate surface area is 187 Å². The summed E-state index contributed by atoms with van der Waals surface area (Å²) in [6.45, 7) is 12.8. The smallest absolute Gasteiger partial charge is 0.0690 e. The summed E-state index contributed by atoms with van der Waals surface area (Å²) in [6.07, 6.45) is 10.7. The lowest BCUT2D eigenvalue weighted by molar-refractivity contribution is -0.0125. The summed E-state index contributed by atoms with van der Waals surface area (Å²) in [6, 6.07) is 24.6. The molecule has 0 heterocycles. The SMILES string of the molecule is C=C/C=C(\C=C)C1(C)CC2(C#N)CC(C)(c3ccccc3)CC(c3ccccc3)(C2)C1. The molecule has 1 heteroatoms. The second kappa shape index (κ2) is 7.69. The molecule has 2 aliphatic carbocycles. The minimum absolute atomic E-state index is 0.0388. The quantitative estimate of drug-likeness (QED) is 0.466. The molecule has 2 aliphatic rings. The molecule has 2 aromatic rings. The zero-order valence-electron chi connectivity index (χ0n) is 18.9. The molecule has 0 spiro atoms. The van der Waals surface area contributed by atoms with Crippen molar-refractivity contribution in [1.29, 1.82) is 5.26 Å². The molecule has 0 amide bonds. The van der Waals surface area contributed by atoms with Gasteiger partial charge < -0.3 is 0 Å². The van der Waals surface area contributed by atoms with Crippen LogP contribution in [0.15, 0.2) is 97.6 Å². The molecular formula is C30H33N. The second-order valence-corrected chi connectivity index (χ2v) is 10.5. The van der Waals surface area contributed by atoms with Crippen molar-refractivity contribution in [3.05, 3.63) is 109 Å². The molecule has 4 unspecified atom stereocenters. The maximum absolute atomic E-state index is 10.6. The number of allylic oxidation sites excluding steroid dienone is 4. The van der Waals surface area contributed by atoms with E-state index < -0.39 is 0 Å². The van der Waals surface area contributed by atoms with Crippen LogP contribution >= 0.6 is 0 Å². The van der Waals surface area contributed by atoms with Gasteiger partial charge in [0.2, 0.25) is 0 Å². The van der Waals surface area contributed by atoms with Crippen molar-refractivity contribution in [3.63, 3.8) is 0 Å². The van der Waals surface area contributed by atoms with Crippen molar-refractivity contribution >= 4 is 0 Å². The molecule has 0 saturated heterocycles. The predicted molar refractivity (Wildman–Crippen MR) is 130 cm³/mol. The molecule has 158 valence electrons. The van der Waals surface area contributed by atoms with Crippen molar-refractivity contribution in [2.45, 2.75) is 56.8 Å². The highest BCUT2D eigenvalue weighted by atomic mass is 14.6. The van der Waals surface area contributed by atoms with Gasteiger partial charge in [0.1, 0.15) is 0 Å². The zero-order valence-corrected chi connectivity index (χ0v) is 18.9. The number of nitrogens with zero attached hydrogens (tertiary/aromatic N) is 1. The van der Waals surface area contributed by atoms with Gasteiger partial charge in [-0.3, -0.25) is 0 Å². The van der Waals surface area contributed by atoms with Gasteiger partial charge in [-0.1, -0.05) is 106 Å². The Hall–Kier alpha value is -2.85. The highest BCUT2D eigenvalue weighted by molar-refractivity contribution is 5.41. The lowest BCUT2D eigenvalue weighted by Crippen LogP contribution is -2.56. The third kappa shape index (κ3) is 3.59. The van der Waals surface area contributed by atoms with E-state index in [9.17, 15) is 5.26 Å². The van der Waals surface area contributed by atoms with E-state index in [0.29, 0.717) is 0 Å². The molecule has 2 fully saturated rings. The second-order valence-electron chi connectivity index (χ2n) is 10.5. The van der Waals surface area contributed by atoms with Crippen LogP contribution in [0.5, 0.6) is 0 Å².